The molecule has 0 saturated carbocycles. The van der Waals surface area contributed by atoms with Gasteiger partial charge in [0.1, 0.15) is 0 Å². The van der Waals surface area contributed by atoms with Crippen molar-refractivity contribution in [3.63, 3.8) is 0 Å². The van der Waals surface area contributed by atoms with Crippen LogP contribution in [0.2, 0.25) is 0 Å². The Morgan fingerprint density at radius 3 is 1.75 bits per heavy atom. The number of para-hydroxylation sites is 2. The molecule has 0 saturated heterocycles. The summed E-state index contributed by atoms with van der Waals surface area (Å²) in [4.78, 5) is 12.3. The van der Waals surface area contributed by atoms with Crippen molar-refractivity contribution in [3.8, 4) is 17.1 Å². The van der Waals surface area contributed by atoms with E-state index in [9.17, 15) is 9.90 Å². The molecule has 1 N–H and O–H groups in total. The SMILES string of the molecule is Cc1c(O)c(=O)n(-c2ccccc2)n1-c1ccccc1. The van der Waals surface area contributed by atoms with Crippen LogP contribution in [0.5, 0.6) is 5.75 Å². The fourth-order valence-electron chi connectivity index (χ4n) is 2.28. The number of hydrogen-bond acceptors (Lipinski definition) is 2. The number of hydrogen-bond donors (Lipinski definition) is 1. The Kier molecular flexibility index (Phi) is 2.91. The Bertz CT molecular complexity index is 787. The zero-order valence-corrected chi connectivity index (χ0v) is 11.0. The molecule has 0 aliphatic carbocycles. The van der Waals surface area contributed by atoms with E-state index in [1.807, 2.05) is 60.7 Å². The van der Waals surface area contributed by atoms with Gasteiger partial charge in [-0.1, -0.05) is 36.4 Å². The van der Waals surface area contributed by atoms with Crippen molar-refractivity contribution in [2.45, 2.75) is 6.92 Å². The number of rotatable bonds is 2. The highest BCUT2D eigenvalue weighted by Gasteiger charge is 2.18. The Balaban J connectivity index is 2.36. The van der Waals surface area contributed by atoms with Gasteiger partial charge >= 0.3 is 5.56 Å². The van der Waals surface area contributed by atoms with Crippen LogP contribution in [-0.4, -0.2) is 14.5 Å². The molecule has 0 atom stereocenters. The van der Waals surface area contributed by atoms with Gasteiger partial charge in [0.25, 0.3) is 0 Å². The Labute approximate surface area is 116 Å². The molecule has 0 bridgehead atoms. The lowest BCUT2D eigenvalue weighted by atomic mass is 10.3. The fraction of sp³-hybridized carbons (Fsp3) is 0.0625. The van der Waals surface area contributed by atoms with Gasteiger partial charge in [-0.25, -0.2) is 9.36 Å². The summed E-state index contributed by atoms with van der Waals surface area (Å²) in [5, 5.41) is 9.98. The number of aromatic nitrogens is 2. The van der Waals surface area contributed by atoms with Gasteiger partial charge in [0.2, 0.25) is 5.75 Å². The highest BCUT2D eigenvalue weighted by Crippen LogP contribution is 2.20. The first-order valence-corrected chi connectivity index (χ1v) is 6.34. The smallest absolute Gasteiger partial charge is 0.314 e. The van der Waals surface area contributed by atoms with Crippen LogP contribution >= 0.6 is 0 Å². The van der Waals surface area contributed by atoms with Gasteiger partial charge in [-0.2, -0.15) is 0 Å². The highest BCUT2D eigenvalue weighted by molar-refractivity contribution is 5.42. The molecule has 2 aromatic carbocycles. The minimum absolute atomic E-state index is 0.224. The molecule has 0 spiro atoms. The van der Waals surface area contributed by atoms with Gasteiger partial charge in [0, 0.05) is 0 Å². The summed E-state index contributed by atoms with van der Waals surface area (Å²) in [6.07, 6.45) is 0. The van der Waals surface area contributed by atoms with Crippen molar-refractivity contribution in [2.24, 2.45) is 0 Å². The zero-order valence-electron chi connectivity index (χ0n) is 11.0. The monoisotopic (exact) mass is 266 g/mol. The number of nitrogens with zero attached hydrogens (tertiary/aromatic N) is 2. The maximum absolute atomic E-state index is 12.3. The van der Waals surface area contributed by atoms with E-state index in [-0.39, 0.29) is 5.75 Å². The standard InChI is InChI=1S/C16H14N2O2/c1-12-15(19)16(20)18(14-10-6-3-7-11-14)17(12)13-8-4-2-5-9-13/h2-11,19H,1H3. The third kappa shape index (κ3) is 1.82. The van der Waals surface area contributed by atoms with Crippen molar-refractivity contribution >= 4 is 0 Å². The van der Waals surface area contributed by atoms with E-state index in [0.717, 1.165) is 5.69 Å². The molecule has 1 aromatic heterocycles. The topological polar surface area (TPSA) is 47.2 Å². The van der Waals surface area contributed by atoms with Gasteiger partial charge in [0.05, 0.1) is 17.1 Å². The second-order valence-corrected chi connectivity index (χ2v) is 4.53. The van der Waals surface area contributed by atoms with Gasteiger partial charge in [-0.3, -0.25) is 4.79 Å². The van der Waals surface area contributed by atoms with E-state index in [0.29, 0.717) is 11.4 Å². The minimum Gasteiger partial charge on any atom is -0.502 e. The Morgan fingerprint density at radius 2 is 1.25 bits per heavy atom. The third-order valence-corrected chi connectivity index (χ3v) is 3.26. The van der Waals surface area contributed by atoms with Crippen LogP contribution in [-0.2, 0) is 0 Å². The fourth-order valence-corrected chi connectivity index (χ4v) is 2.28. The average Bonchev–Trinajstić information content (AvgIpc) is 2.73. The van der Waals surface area contributed by atoms with Crippen molar-refractivity contribution in [1.82, 2.24) is 9.36 Å². The van der Waals surface area contributed by atoms with E-state index in [1.54, 1.807) is 11.6 Å². The quantitative estimate of drug-likeness (QED) is 0.775. The summed E-state index contributed by atoms with van der Waals surface area (Å²) in [5.41, 5.74) is 1.64. The molecular weight excluding hydrogens is 252 g/mol. The van der Waals surface area contributed by atoms with E-state index in [2.05, 4.69) is 0 Å². The molecule has 3 rings (SSSR count). The molecule has 20 heavy (non-hydrogen) atoms. The molecule has 0 aliphatic heterocycles. The first-order chi connectivity index (χ1) is 9.70. The molecule has 3 aromatic rings. The van der Waals surface area contributed by atoms with Gasteiger partial charge in [0.15, 0.2) is 0 Å². The van der Waals surface area contributed by atoms with E-state index >= 15 is 0 Å². The van der Waals surface area contributed by atoms with Crippen LogP contribution in [0.4, 0.5) is 0 Å². The van der Waals surface area contributed by atoms with Crippen LogP contribution in [0.15, 0.2) is 65.5 Å². The number of benzene rings is 2. The summed E-state index contributed by atoms with van der Waals surface area (Å²) < 4.78 is 3.19. The van der Waals surface area contributed by atoms with Crippen LogP contribution in [0, 0.1) is 6.92 Å². The molecular formula is C16H14N2O2. The molecule has 0 aliphatic rings. The largest absolute Gasteiger partial charge is 0.502 e. The maximum Gasteiger partial charge on any atom is 0.314 e. The lowest BCUT2D eigenvalue weighted by molar-refractivity contribution is 0.465. The van der Waals surface area contributed by atoms with E-state index in [1.165, 1.54) is 4.68 Å². The summed E-state index contributed by atoms with van der Waals surface area (Å²) >= 11 is 0. The highest BCUT2D eigenvalue weighted by atomic mass is 16.3. The normalized spacial score (nSPS) is 10.7. The summed E-state index contributed by atoms with van der Waals surface area (Å²) in [6.45, 7) is 1.73. The van der Waals surface area contributed by atoms with Gasteiger partial charge < -0.3 is 5.11 Å². The Hall–Kier alpha value is -2.75. The zero-order chi connectivity index (χ0) is 14.1. The molecule has 0 fully saturated rings. The maximum atomic E-state index is 12.3. The molecule has 4 heteroatoms. The van der Waals surface area contributed by atoms with Crippen LogP contribution < -0.4 is 5.56 Å². The van der Waals surface area contributed by atoms with Crippen LogP contribution in [0.3, 0.4) is 0 Å². The van der Waals surface area contributed by atoms with Crippen molar-refractivity contribution < 1.29 is 5.11 Å². The number of aromatic hydroxyl groups is 1. The molecule has 4 nitrogen and oxygen atoms in total. The van der Waals surface area contributed by atoms with Gasteiger partial charge in [-0.05, 0) is 31.2 Å². The van der Waals surface area contributed by atoms with Crippen molar-refractivity contribution in [3.05, 3.63) is 76.7 Å². The lowest BCUT2D eigenvalue weighted by Gasteiger charge is -2.13. The lowest BCUT2D eigenvalue weighted by Crippen LogP contribution is -2.20. The van der Waals surface area contributed by atoms with E-state index in [4.69, 9.17) is 0 Å². The molecule has 0 amide bonds. The van der Waals surface area contributed by atoms with Crippen LogP contribution in [0.1, 0.15) is 5.69 Å². The summed E-state index contributed by atoms with van der Waals surface area (Å²) in [6, 6.07) is 18.8. The summed E-state index contributed by atoms with van der Waals surface area (Å²) in [7, 11) is 0. The third-order valence-electron chi connectivity index (χ3n) is 3.26. The van der Waals surface area contributed by atoms with E-state index < -0.39 is 5.56 Å². The Morgan fingerprint density at radius 1 is 0.800 bits per heavy atom. The molecule has 0 radical (unpaired) electrons. The first-order valence-electron chi connectivity index (χ1n) is 6.34. The molecule has 0 unspecified atom stereocenters. The summed E-state index contributed by atoms with van der Waals surface area (Å²) in [5.74, 6) is -0.224. The van der Waals surface area contributed by atoms with Gasteiger partial charge in [-0.15, -0.1) is 0 Å². The molecule has 1 heterocycles. The van der Waals surface area contributed by atoms with Crippen molar-refractivity contribution in [2.75, 3.05) is 0 Å². The predicted molar refractivity (Wildman–Crippen MR) is 77.8 cm³/mol. The second kappa shape index (κ2) is 4.74. The minimum atomic E-state index is -0.419. The predicted octanol–water partition coefficient (Wildman–Crippen LogP) is 2.64. The van der Waals surface area contributed by atoms with Crippen molar-refractivity contribution in [1.29, 1.82) is 0 Å². The average molecular weight is 266 g/mol. The first kappa shape index (κ1) is 12.3. The van der Waals surface area contributed by atoms with Crippen LogP contribution in [0.25, 0.3) is 11.4 Å². The molecule has 100 valence electrons. The second-order valence-electron chi connectivity index (χ2n) is 4.53.